The van der Waals surface area contributed by atoms with Gasteiger partial charge in [-0.3, -0.25) is 4.79 Å². The summed E-state index contributed by atoms with van der Waals surface area (Å²) in [7, 11) is 1.95. The van der Waals surface area contributed by atoms with Gasteiger partial charge in [0.2, 0.25) is 0 Å². The van der Waals surface area contributed by atoms with Gasteiger partial charge in [-0.2, -0.15) is 0 Å². The number of piperazine rings is 1. The number of aromatic nitrogens is 2. The summed E-state index contributed by atoms with van der Waals surface area (Å²) in [5, 5.41) is 4.30. The Bertz CT molecular complexity index is 895. The molecule has 1 atom stereocenters. The Labute approximate surface area is 140 Å². The molecule has 0 aliphatic carbocycles. The van der Waals surface area contributed by atoms with Gasteiger partial charge in [0, 0.05) is 44.5 Å². The van der Waals surface area contributed by atoms with Crippen LogP contribution in [0.2, 0.25) is 0 Å². The fraction of sp³-hybridized carbons (Fsp3) is 0.333. The lowest BCUT2D eigenvalue weighted by Gasteiger charge is -2.35. The van der Waals surface area contributed by atoms with Gasteiger partial charge in [0.1, 0.15) is 17.4 Å². The largest absolute Gasteiger partial charge is 0.451 e. The number of benzene rings is 1. The first-order valence-electron chi connectivity index (χ1n) is 8.12. The van der Waals surface area contributed by atoms with Crippen molar-refractivity contribution in [1.82, 2.24) is 19.8 Å². The number of nitrogens with zero attached hydrogens (tertiary/aromatic N) is 3. The van der Waals surface area contributed by atoms with Gasteiger partial charge in [-0.15, -0.1) is 0 Å². The van der Waals surface area contributed by atoms with Gasteiger partial charge in [-0.25, -0.2) is 4.98 Å². The molecule has 6 heteroatoms. The molecule has 6 nitrogen and oxygen atoms in total. The van der Waals surface area contributed by atoms with Crippen LogP contribution in [0, 0.1) is 6.92 Å². The van der Waals surface area contributed by atoms with Gasteiger partial charge < -0.3 is 19.2 Å². The number of imidazole rings is 1. The lowest BCUT2D eigenvalue weighted by Crippen LogP contribution is -2.49. The Morgan fingerprint density at radius 2 is 2.25 bits per heavy atom. The van der Waals surface area contributed by atoms with E-state index in [0.717, 1.165) is 28.9 Å². The molecule has 2 aromatic heterocycles. The summed E-state index contributed by atoms with van der Waals surface area (Å²) in [5.74, 6) is 1.18. The molecule has 0 bridgehead atoms. The minimum Gasteiger partial charge on any atom is -0.451 e. The van der Waals surface area contributed by atoms with Crippen molar-refractivity contribution in [2.45, 2.75) is 13.0 Å². The highest BCUT2D eigenvalue weighted by Gasteiger charge is 2.32. The highest BCUT2D eigenvalue weighted by atomic mass is 16.3. The fourth-order valence-electron chi connectivity index (χ4n) is 3.29. The molecule has 1 saturated heterocycles. The van der Waals surface area contributed by atoms with Crippen LogP contribution < -0.4 is 5.32 Å². The van der Waals surface area contributed by atoms with Crippen molar-refractivity contribution in [3.8, 4) is 0 Å². The normalized spacial score (nSPS) is 18.2. The molecule has 1 fully saturated rings. The van der Waals surface area contributed by atoms with Crippen molar-refractivity contribution in [3.63, 3.8) is 0 Å². The lowest BCUT2D eigenvalue weighted by molar-refractivity contribution is 0.0590. The molecule has 1 aliphatic rings. The number of carbonyl (C=O) groups is 1. The molecule has 3 aromatic rings. The van der Waals surface area contributed by atoms with E-state index in [2.05, 4.69) is 10.3 Å². The average molecular weight is 324 g/mol. The summed E-state index contributed by atoms with van der Waals surface area (Å²) < 4.78 is 7.75. The molecule has 3 heterocycles. The van der Waals surface area contributed by atoms with Crippen LogP contribution >= 0.6 is 0 Å². The smallest absolute Gasteiger partial charge is 0.290 e. The number of carbonyl (C=O) groups excluding carboxylic acids is 1. The highest BCUT2D eigenvalue weighted by molar-refractivity contribution is 5.96. The highest BCUT2D eigenvalue weighted by Crippen LogP contribution is 2.26. The molecule has 0 radical (unpaired) electrons. The summed E-state index contributed by atoms with van der Waals surface area (Å²) in [6, 6.07) is 7.67. The van der Waals surface area contributed by atoms with E-state index < -0.39 is 0 Å². The lowest BCUT2D eigenvalue weighted by atomic mass is 10.1. The van der Waals surface area contributed by atoms with E-state index in [1.165, 1.54) is 0 Å². The van der Waals surface area contributed by atoms with E-state index in [1.807, 2.05) is 53.9 Å². The summed E-state index contributed by atoms with van der Waals surface area (Å²) in [5.41, 5.74) is 1.89. The number of aryl methyl sites for hydroxylation is 2. The van der Waals surface area contributed by atoms with Crippen LogP contribution in [0.4, 0.5) is 0 Å². The molecule has 1 N–H and O–H groups in total. The Morgan fingerprint density at radius 3 is 3.04 bits per heavy atom. The summed E-state index contributed by atoms with van der Waals surface area (Å²) in [6.07, 6.45) is 3.66. The van der Waals surface area contributed by atoms with Gasteiger partial charge in [0.15, 0.2) is 5.76 Å². The van der Waals surface area contributed by atoms with E-state index in [-0.39, 0.29) is 11.9 Å². The molecule has 1 aromatic carbocycles. The zero-order chi connectivity index (χ0) is 16.7. The summed E-state index contributed by atoms with van der Waals surface area (Å²) >= 11 is 0. The second-order valence-electron chi connectivity index (χ2n) is 6.27. The first kappa shape index (κ1) is 15.0. The maximum Gasteiger partial charge on any atom is 0.290 e. The first-order valence-corrected chi connectivity index (χ1v) is 8.12. The fourth-order valence-corrected chi connectivity index (χ4v) is 3.29. The average Bonchev–Trinajstić information content (AvgIpc) is 3.19. The third-order valence-corrected chi connectivity index (χ3v) is 4.54. The summed E-state index contributed by atoms with van der Waals surface area (Å²) in [4.78, 5) is 19.3. The Morgan fingerprint density at radius 1 is 1.38 bits per heavy atom. The maximum atomic E-state index is 13.0. The van der Waals surface area contributed by atoms with Gasteiger partial charge in [0.05, 0.1) is 0 Å². The van der Waals surface area contributed by atoms with E-state index in [1.54, 1.807) is 6.20 Å². The molecule has 4 rings (SSSR count). The topological polar surface area (TPSA) is 63.3 Å². The van der Waals surface area contributed by atoms with Gasteiger partial charge in [0.25, 0.3) is 5.91 Å². The predicted octanol–water partition coefficient (Wildman–Crippen LogP) is 2.26. The van der Waals surface area contributed by atoms with Crippen LogP contribution in [-0.4, -0.2) is 40.0 Å². The van der Waals surface area contributed by atoms with Crippen molar-refractivity contribution < 1.29 is 9.21 Å². The zero-order valence-corrected chi connectivity index (χ0v) is 13.8. The Kier molecular flexibility index (Phi) is 3.61. The predicted molar refractivity (Wildman–Crippen MR) is 90.8 cm³/mol. The number of fused-ring (bicyclic) bond motifs is 1. The Balaban J connectivity index is 1.69. The number of nitrogens with one attached hydrogen (secondary N) is 1. The second-order valence-corrected chi connectivity index (χ2v) is 6.27. The van der Waals surface area contributed by atoms with Crippen LogP contribution in [0.25, 0.3) is 11.0 Å². The van der Waals surface area contributed by atoms with Crippen LogP contribution in [0.5, 0.6) is 0 Å². The minimum absolute atomic E-state index is 0.0849. The number of furan rings is 1. The molecular formula is C18H20N4O2. The quantitative estimate of drug-likeness (QED) is 0.785. The molecule has 124 valence electrons. The third kappa shape index (κ3) is 2.49. The molecule has 1 amide bonds. The standard InChI is InChI=1S/C18H20N4O2/c1-12-3-4-15-13(9-12)10-16(24-15)18(23)22-8-5-19-11-14(22)17-20-6-7-21(17)2/h3-4,6-7,9-10,14,19H,5,8,11H2,1-2H3. The molecule has 0 spiro atoms. The first-order chi connectivity index (χ1) is 11.6. The molecule has 0 saturated carbocycles. The SMILES string of the molecule is Cc1ccc2oc(C(=O)N3CCNCC3c3nccn3C)cc2c1. The van der Waals surface area contributed by atoms with Gasteiger partial charge >= 0.3 is 0 Å². The second kappa shape index (κ2) is 5.79. The third-order valence-electron chi connectivity index (χ3n) is 4.54. The van der Waals surface area contributed by atoms with E-state index in [9.17, 15) is 4.79 Å². The van der Waals surface area contributed by atoms with Gasteiger partial charge in [-0.05, 0) is 25.1 Å². The van der Waals surface area contributed by atoms with Crippen molar-refractivity contribution in [2.24, 2.45) is 7.05 Å². The van der Waals surface area contributed by atoms with Crippen molar-refractivity contribution in [1.29, 1.82) is 0 Å². The Hall–Kier alpha value is -2.60. The van der Waals surface area contributed by atoms with E-state index in [0.29, 0.717) is 18.8 Å². The number of hydrogen-bond donors (Lipinski definition) is 1. The van der Waals surface area contributed by atoms with Crippen molar-refractivity contribution >= 4 is 16.9 Å². The van der Waals surface area contributed by atoms with Crippen LogP contribution in [0.1, 0.15) is 28.0 Å². The summed E-state index contributed by atoms with van der Waals surface area (Å²) in [6.45, 7) is 4.12. The number of hydrogen-bond acceptors (Lipinski definition) is 4. The van der Waals surface area contributed by atoms with Gasteiger partial charge in [-0.1, -0.05) is 11.6 Å². The zero-order valence-electron chi connectivity index (χ0n) is 13.8. The minimum atomic E-state index is -0.0961. The van der Waals surface area contributed by atoms with Crippen LogP contribution in [0.3, 0.4) is 0 Å². The molecule has 1 aliphatic heterocycles. The van der Waals surface area contributed by atoms with Crippen molar-refractivity contribution in [2.75, 3.05) is 19.6 Å². The molecular weight excluding hydrogens is 304 g/mol. The van der Waals surface area contributed by atoms with E-state index in [4.69, 9.17) is 4.42 Å². The van der Waals surface area contributed by atoms with Crippen molar-refractivity contribution in [3.05, 3.63) is 53.8 Å². The van der Waals surface area contributed by atoms with Crippen LogP contribution in [-0.2, 0) is 7.05 Å². The monoisotopic (exact) mass is 324 g/mol. The number of rotatable bonds is 2. The molecule has 1 unspecified atom stereocenters. The molecule has 24 heavy (non-hydrogen) atoms. The maximum absolute atomic E-state index is 13.0. The van der Waals surface area contributed by atoms with Crippen LogP contribution in [0.15, 0.2) is 41.1 Å². The number of amides is 1. The van der Waals surface area contributed by atoms with E-state index >= 15 is 0 Å².